The zero-order chi connectivity index (χ0) is 13.2. The molecule has 0 aromatic heterocycles. The number of carbonyl (C=O) groups excluding carboxylic acids is 1. The second-order valence-electron chi connectivity index (χ2n) is 4.99. The summed E-state index contributed by atoms with van der Waals surface area (Å²) in [6.07, 6.45) is 3.08. The van der Waals surface area contributed by atoms with Crippen molar-refractivity contribution in [2.24, 2.45) is 5.92 Å². The van der Waals surface area contributed by atoms with Crippen LogP contribution in [-0.4, -0.2) is 11.9 Å². The monoisotopic (exact) mass is 253 g/mol. The summed E-state index contributed by atoms with van der Waals surface area (Å²) in [4.78, 5) is 11.6. The molecule has 2 nitrogen and oxygen atoms in total. The van der Waals surface area contributed by atoms with Gasteiger partial charge in [-0.05, 0) is 19.3 Å². The standard InChI is InChI=1S/C14H17F2NO/c1-10(9-11-7-8-11)17-13(18)14(15,16)12-5-3-2-4-6-12/h2-6,10-11H,7-9H2,1H3,(H,17,18). The predicted octanol–water partition coefficient (Wildman–Crippen LogP) is 3.08. The maximum absolute atomic E-state index is 13.9. The lowest BCUT2D eigenvalue weighted by atomic mass is 10.1. The molecule has 1 fully saturated rings. The van der Waals surface area contributed by atoms with Crippen molar-refractivity contribution >= 4 is 5.91 Å². The quantitative estimate of drug-likeness (QED) is 0.858. The Kier molecular flexibility index (Phi) is 3.64. The fourth-order valence-corrected chi connectivity index (χ4v) is 2.01. The van der Waals surface area contributed by atoms with Crippen LogP contribution in [0, 0.1) is 5.92 Å². The summed E-state index contributed by atoms with van der Waals surface area (Å²) in [5.74, 6) is -4.06. The Bertz CT molecular complexity index is 415. The number of alkyl halides is 2. The molecule has 1 unspecified atom stereocenters. The number of rotatable bonds is 5. The van der Waals surface area contributed by atoms with Crippen molar-refractivity contribution < 1.29 is 13.6 Å². The van der Waals surface area contributed by atoms with Gasteiger partial charge in [0.05, 0.1) is 0 Å². The van der Waals surface area contributed by atoms with E-state index in [4.69, 9.17) is 0 Å². The summed E-state index contributed by atoms with van der Waals surface area (Å²) in [5.41, 5.74) is -0.263. The van der Waals surface area contributed by atoms with Crippen molar-refractivity contribution in [3.05, 3.63) is 35.9 Å². The van der Waals surface area contributed by atoms with E-state index in [9.17, 15) is 13.6 Å². The zero-order valence-corrected chi connectivity index (χ0v) is 10.3. The van der Waals surface area contributed by atoms with Gasteiger partial charge in [0, 0.05) is 11.6 Å². The minimum atomic E-state index is -3.46. The molecular formula is C14H17F2NO. The van der Waals surface area contributed by atoms with Crippen LogP contribution in [0.15, 0.2) is 30.3 Å². The van der Waals surface area contributed by atoms with E-state index in [2.05, 4.69) is 5.32 Å². The summed E-state index contributed by atoms with van der Waals surface area (Å²) >= 11 is 0. The predicted molar refractivity (Wildman–Crippen MR) is 65.3 cm³/mol. The maximum atomic E-state index is 13.9. The molecule has 1 atom stereocenters. The van der Waals surface area contributed by atoms with Gasteiger partial charge in [-0.1, -0.05) is 43.2 Å². The first-order chi connectivity index (χ1) is 8.50. The van der Waals surface area contributed by atoms with Crippen LogP contribution in [0.2, 0.25) is 0 Å². The molecule has 4 heteroatoms. The van der Waals surface area contributed by atoms with E-state index >= 15 is 0 Å². The van der Waals surface area contributed by atoms with E-state index < -0.39 is 11.8 Å². The molecule has 1 saturated carbocycles. The molecule has 1 N–H and O–H groups in total. The third-order valence-electron chi connectivity index (χ3n) is 3.18. The van der Waals surface area contributed by atoms with Gasteiger partial charge in [-0.25, -0.2) is 0 Å². The molecule has 1 aromatic rings. The lowest BCUT2D eigenvalue weighted by Crippen LogP contribution is -2.42. The minimum absolute atomic E-state index is 0.195. The summed E-state index contributed by atoms with van der Waals surface area (Å²) in [5, 5.41) is 2.40. The highest BCUT2D eigenvalue weighted by molar-refractivity contribution is 5.84. The van der Waals surface area contributed by atoms with Crippen molar-refractivity contribution in [2.45, 2.75) is 38.2 Å². The van der Waals surface area contributed by atoms with Crippen LogP contribution in [0.3, 0.4) is 0 Å². The Hall–Kier alpha value is -1.45. The van der Waals surface area contributed by atoms with Crippen LogP contribution in [0.4, 0.5) is 8.78 Å². The molecule has 0 spiro atoms. The average molecular weight is 253 g/mol. The van der Waals surface area contributed by atoms with Crippen molar-refractivity contribution in [3.63, 3.8) is 0 Å². The molecule has 0 heterocycles. The fourth-order valence-electron chi connectivity index (χ4n) is 2.01. The summed E-state index contributed by atoms with van der Waals surface area (Å²) in [6, 6.07) is 7.00. The smallest absolute Gasteiger partial charge is 0.348 e. The molecule has 2 rings (SSSR count). The first-order valence-corrected chi connectivity index (χ1v) is 6.24. The Morgan fingerprint density at radius 2 is 2.00 bits per heavy atom. The fraction of sp³-hybridized carbons (Fsp3) is 0.500. The van der Waals surface area contributed by atoms with Crippen molar-refractivity contribution in [2.75, 3.05) is 0 Å². The van der Waals surface area contributed by atoms with Gasteiger partial charge >= 0.3 is 5.92 Å². The normalized spacial score (nSPS) is 17.3. The first-order valence-electron chi connectivity index (χ1n) is 6.24. The van der Waals surface area contributed by atoms with E-state index in [1.165, 1.54) is 24.3 Å². The number of amides is 1. The van der Waals surface area contributed by atoms with Crippen LogP contribution < -0.4 is 5.32 Å². The highest BCUT2D eigenvalue weighted by Gasteiger charge is 2.41. The van der Waals surface area contributed by atoms with Crippen LogP contribution in [0.5, 0.6) is 0 Å². The summed E-state index contributed by atoms with van der Waals surface area (Å²) in [7, 11) is 0. The summed E-state index contributed by atoms with van der Waals surface area (Å²) < 4.78 is 27.7. The topological polar surface area (TPSA) is 29.1 Å². The van der Waals surface area contributed by atoms with Crippen LogP contribution in [0.25, 0.3) is 0 Å². The van der Waals surface area contributed by atoms with Gasteiger partial charge in [-0.2, -0.15) is 8.78 Å². The lowest BCUT2D eigenvalue weighted by Gasteiger charge is -2.20. The number of benzene rings is 1. The Balaban J connectivity index is 1.98. The second-order valence-corrected chi connectivity index (χ2v) is 4.99. The van der Waals surface area contributed by atoms with Gasteiger partial charge in [0.25, 0.3) is 5.91 Å². The number of carbonyl (C=O) groups is 1. The van der Waals surface area contributed by atoms with E-state index in [1.54, 1.807) is 13.0 Å². The van der Waals surface area contributed by atoms with E-state index in [0.717, 1.165) is 19.3 Å². The molecule has 1 amide bonds. The third kappa shape index (κ3) is 3.06. The molecular weight excluding hydrogens is 236 g/mol. The van der Waals surface area contributed by atoms with Crippen molar-refractivity contribution in [1.29, 1.82) is 0 Å². The SMILES string of the molecule is CC(CC1CC1)NC(=O)C(F)(F)c1ccccc1. The molecule has 1 aliphatic carbocycles. The minimum Gasteiger partial charge on any atom is -0.348 e. The van der Waals surface area contributed by atoms with Gasteiger partial charge in [-0.15, -0.1) is 0 Å². The van der Waals surface area contributed by atoms with Crippen LogP contribution >= 0.6 is 0 Å². The molecule has 1 aromatic carbocycles. The maximum Gasteiger partial charge on any atom is 0.349 e. The Labute approximate surface area is 105 Å². The van der Waals surface area contributed by atoms with E-state index in [1.807, 2.05) is 0 Å². The van der Waals surface area contributed by atoms with Gasteiger partial charge in [0.1, 0.15) is 0 Å². The lowest BCUT2D eigenvalue weighted by molar-refractivity contribution is -0.147. The summed E-state index contributed by atoms with van der Waals surface area (Å²) in [6.45, 7) is 1.78. The zero-order valence-electron chi connectivity index (χ0n) is 10.3. The largest absolute Gasteiger partial charge is 0.349 e. The Morgan fingerprint density at radius 3 is 2.56 bits per heavy atom. The van der Waals surface area contributed by atoms with Gasteiger partial charge < -0.3 is 5.32 Å². The van der Waals surface area contributed by atoms with Crippen molar-refractivity contribution in [3.8, 4) is 0 Å². The van der Waals surface area contributed by atoms with Gasteiger partial charge in [0.2, 0.25) is 0 Å². The van der Waals surface area contributed by atoms with E-state index in [0.29, 0.717) is 5.92 Å². The van der Waals surface area contributed by atoms with Crippen molar-refractivity contribution in [1.82, 2.24) is 5.32 Å². The third-order valence-corrected chi connectivity index (χ3v) is 3.18. The molecule has 18 heavy (non-hydrogen) atoms. The van der Waals surface area contributed by atoms with Crippen LogP contribution in [-0.2, 0) is 10.7 Å². The first kappa shape index (κ1) is 13.0. The number of hydrogen-bond acceptors (Lipinski definition) is 1. The molecule has 98 valence electrons. The molecule has 0 aliphatic heterocycles. The number of hydrogen-bond donors (Lipinski definition) is 1. The number of halogens is 2. The second kappa shape index (κ2) is 5.04. The Morgan fingerprint density at radius 1 is 1.39 bits per heavy atom. The molecule has 0 saturated heterocycles. The highest BCUT2D eigenvalue weighted by Crippen LogP contribution is 2.34. The van der Waals surface area contributed by atoms with Crippen LogP contribution in [0.1, 0.15) is 31.7 Å². The van der Waals surface area contributed by atoms with Gasteiger partial charge in [-0.3, -0.25) is 4.79 Å². The highest BCUT2D eigenvalue weighted by atomic mass is 19.3. The van der Waals surface area contributed by atoms with Gasteiger partial charge in [0.15, 0.2) is 0 Å². The molecule has 1 aliphatic rings. The average Bonchev–Trinajstić information content (AvgIpc) is 3.13. The van der Waals surface area contributed by atoms with E-state index in [-0.39, 0.29) is 11.6 Å². The number of nitrogens with one attached hydrogen (secondary N) is 1. The molecule has 0 radical (unpaired) electrons. The molecule has 0 bridgehead atoms.